The minimum Gasteiger partial charge on any atom is -0.434 e. The Bertz CT molecular complexity index is 440. The van der Waals surface area contributed by atoms with Gasteiger partial charge in [0.15, 0.2) is 0 Å². The minimum absolute atomic E-state index is 0.0138. The number of rotatable bonds is 5. The lowest BCUT2D eigenvalue weighted by molar-refractivity contribution is -0.117. The lowest BCUT2D eigenvalue weighted by Gasteiger charge is -2.13. The largest absolute Gasteiger partial charge is 0.434 e. The first-order valence-corrected chi connectivity index (χ1v) is 4.97. The molecule has 0 aliphatic heterocycles. The van der Waals surface area contributed by atoms with Gasteiger partial charge in [0.25, 0.3) is 0 Å². The molecular weight excluding hydrogens is 228 g/mol. The number of carbonyl (C=O) groups is 1. The van der Waals surface area contributed by atoms with Crippen LogP contribution in [0.5, 0.6) is 5.75 Å². The van der Waals surface area contributed by atoms with Crippen molar-refractivity contribution < 1.29 is 18.3 Å². The molecular formula is C12H11F2NO2. The fourth-order valence-corrected chi connectivity index (χ4v) is 1.48. The van der Waals surface area contributed by atoms with Gasteiger partial charge in [0, 0.05) is 12.0 Å². The van der Waals surface area contributed by atoms with Crippen LogP contribution in [0.15, 0.2) is 24.3 Å². The van der Waals surface area contributed by atoms with Crippen molar-refractivity contribution in [3.05, 3.63) is 29.8 Å². The molecule has 0 aromatic heterocycles. The van der Waals surface area contributed by atoms with Crippen LogP contribution in [-0.2, 0) is 4.79 Å². The SMILES string of the molecule is CC(=O)CC(C#N)c1ccccc1OC(F)F. The molecule has 0 aliphatic rings. The molecule has 0 aliphatic carbocycles. The number of hydrogen-bond acceptors (Lipinski definition) is 3. The number of nitriles is 1. The van der Waals surface area contributed by atoms with Gasteiger partial charge in [-0.25, -0.2) is 0 Å². The maximum absolute atomic E-state index is 12.2. The second-order valence-corrected chi connectivity index (χ2v) is 3.50. The van der Waals surface area contributed by atoms with Gasteiger partial charge < -0.3 is 4.74 Å². The molecule has 1 unspecified atom stereocenters. The summed E-state index contributed by atoms with van der Waals surface area (Å²) in [6.07, 6.45) is -0.0138. The van der Waals surface area contributed by atoms with Crippen LogP contribution in [0.25, 0.3) is 0 Å². The topological polar surface area (TPSA) is 50.1 Å². The molecule has 0 heterocycles. The van der Waals surface area contributed by atoms with Crippen molar-refractivity contribution in [1.29, 1.82) is 5.26 Å². The molecule has 0 radical (unpaired) electrons. The predicted octanol–water partition coefficient (Wildman–Crippen LogP) is 2.87. The molecule has 0 bridgehead atoms. The molecule has 0 saturated heterocycles. The molecule has 0 N–H and O–H groups in total. The van der Waals surface area contributed by atoms with Crippen molar-refractivity contribution in [3.63, 3.8) is 0 Å². The molecule has 0 saturated carbocycles. The van der Waals surface area contributed by atoms with Crippen LogP contribution >= 0.6 is 0 Å². The highest BCUT2D eigenvalue weighted by molar-refractivity contribution is 5.77. The molecule has 17 heavy (non-hydrogen) atoms. The molecule has 1 rings (SSSR count). The van der Waals surface area contributed by atoms with Gasteiger partial charge in [-0.15, -0.1) is 0 Å². The normalized spacial score (nSPS) is 11.9. The maximum Gasteiger partial charge on any atom is 0.387 e. The summed E-state index contributed by atoms with van der Waals surface area (Å²) in [5.41, 5.74) is 0.311. The summed E-state index contributed by atoms with van der Waals surface area (Å²) in [6.45, 7) is -1.60. The van der Waals surface area contributed by atoms with Crippen LogP contribution in [-0.4, -0.2) is 12.4 Å². The number of hydrogen-bond donors (Lipinski definition) is 0. The Hall–Kier alpha value is -1.96. The third kappa shape index (κ3) is 3.83. The number of nitrogens with zero attached hydrogens (tertiary/aromatic N) is 1. The second kappa shape index (κ2) is 5.94. The summed E-state index contributed by atoms with van der Waals surface area (Å²) >= 11 is 0. The molecule has 3 nitrogen and oxygen atoms in total. The van der Waals surface area contributed by atoms with Crippen LogP contribution < -0.4 is 4.74 Å². The second-order valence-electron chi connectivity index (χ2n) is 3.50. The zero-order valence-electron chi connectivity index (χ0n) is 9.19. The summed E-state index contributed by atoms with van der Waals surface area (Å²) in [5, 5.41) is 8.94. The zero-order chi connectivity index (χ0) is 12.8. The van der Waals surface area contributed by atoms with E-state index in [4.69, 9.17) is 5.26 Å². The number of alkyl halides is 2. The number of benzene rings is 1. The van der Waals surface area contributed by atoms with Gasteiger partial charge in [-0.1, -0.05) is 18.2 Å². The van der Waals surface area contributed by atoms with Gasteiger partial charge >= 0.3 is 6.61 Å². The van der Waals surface area contributed by atoms with Crippen LogP contribution in [0, 0.1) is 11.3 Å². The van der Waals surface area contributed by atoms with Crippen molar-refractivity contribution in [2.45, 2.75) is 25.9 Å². The Morgan fingerprint density at radius 3 is 2.65 bits per heavy atom. The Morgan fingerprint density at radius 1 is 1.47 bits per heavy atom. The predicted molar refractivity (Wildman–Crippen MR) is 56.7 cm³/mol. The average Bonchev–Trinajstić information content (AvgIpc) is 2.26. The van der Waals surface area contributed by atoms with Gasteiger partial charge in [0.1, 0.15) is 11.5 Å². The Morgan fingerprint density at radius 2 is 2.12 bits per heavy atom. The highest BCUT2D eigenvalue weighted by atomic mass is 19.3. The van der Waals surface area contributed by atoms with E-state index >= 15 is 0 Å². The summed E-state index contributed by atoms with van der Waals surface area (Å²) < 4.78 is 28.6. The molecule has 0 spiro atoms. The minimum atomic E-state index is -2.95. The number of halogens is 2. The standard InChI is InChI=1S/C12H11F2NO2/c1-8(16)6-9(7-15)10-4-2-3-5-11(10)17-12(13)14/h2-5,9,12H,6H2,1H3. The summed E-state index contributed by atoms with van der Waals surface area (Å²) in [7, 11) is 0. The van der Waals surface area contributed by atoms with Crippen LogP contribution in [0.1, 0.15) is 24.8 Å². The number of ether oxygens (including phenoxy) is 1. The number of carbonyl (C=O) groups excluding carboxylic acids is 1. The quantitative estimate of drug-likeness (QED) is 0.793. The molecule has 5 heteroatoms. The lowest BCUT2D eigenvalue weighted by Crippen LogP contribution is -2.08. The molecule has 1 aromatic carbocycles. The van der Waals surface area contributed by atoms with E-state index in [1.165, 1.54) is 25.1 Å². The highest BCUT2D eigenvalue weighted by Gasteiger charge is 2.19. The Kier molecular flexibility index (Phi) is 4.58. The van der Waals surface area contributed by atoms with E-state index in [-0.39, 0.29) is 18.0 Å². The van der Waals surface area contributed by atoms with E-state index < -0.39 is 12.5 Å². The summed E-state index contributed by atoms with van der Waals surface area (Å²) in [6, 6.07) is 7.92. The first kappa shape index (κ1) is 13.1. The van der Waals surface area contributed by atoms with Crippen LogP contribution in [0.3, 0.4) is 0 Å². The van der Waals surface area contributed by atoms with Crippen molar-refractivity contribution in [2.24, 2.45) is 0 Å². The van der Waals surface area contributed by atoms with E-state index in [1.807, 2.05) is 6.07 Å². The molecule has 0 amide bonds. The Balaban J connectivity index is 3.02. The maximum atomic E-state index is 12.2. The van der Waals surface area contributed by atoms with Crippen molar-refractivity contribution >= 4 is 5.78 Å². The third-order valence-corrected chi connectivity index (χ3v) is 2.16. The fraction of sp³-hybridized carbons (Fsp3) is 0.333. The van der Waals surface area contributed by atoms with E-state index in [1.54, 1.807) is 6.07 Å². The van der Waals surface area contributed by atoms with Gasteiger partial charge in [-0.3, -0.25) is 4.79 Å². The lowest BCUT2D eigenvalue weighted by atomic mass is 9.95. The van der Waals surface area contributed by atoms with E-state index in [9.17, 15) is 13.6 Å². The van der Waals surface area contributed by atoms with Crippen molar-refractivity contribution in [3.8, 4) is 11.8 Å². The smallest absolute Gasteiger partial charge is 0.387 e. The number of Topliss-reactive ketones (excluding diaryl/α,β-unsaturated/α-hetero) is 1. The monoisotopic (exact) mass is 239 g/mol. The fourth-order valence-electron chi connectivity index (χ4n) is 1.48. The van der Waals surface area contributed by atoms with Gasteiger partial charge in [-0.05, 0) is 13.0 Å². The average molecular weight is 239 g/mol. The van der Waals surface area contributed by atoms with E-state index in [0.29, 0.717) is 5.56 Å². The van der Waals surface area contributed by atoms with Gasteiger partial charge in [-0.2, -0.15) is 14.0 Å². The third-order valence-electron chi connectivity index (χ3n) is 2.16. The van der Waals surface area contributed by atoms with Gasteiger partial charge in [0.05, 0.1) is 12.0 Å². The highest BCUT2D eigenvalue weighted by Crippen LogP contribution is 2.29. The zero-order valence-corrected chi connectivity index (χ0v) is 9.19. The molecule has 1 atom stereocenters. The number of para-hydroxylation sites is 1. The van der Waals surface area contributed by atoms with Crippen LogP contribution in [0.2, 0.25) is 0 Å². The summed E-state index contributed by atoms with van der Waals surface area (Å²) in [5.74, 6) is -0.999. The number of ketones is 1. The first-order valence-electron chi connectivity index (χ1n) is 4.97. The van der Waals surface area contributed by atoms with E-state index in [0.717, 1.165) is 0 Å². The van der Waals surface area contributed by atoms with Crippen LogP contribution in [0.4, 0.5) is 8.78 Å². The molecule has 90 valence electrons. The molecule has 1 aromatic rings. The van der Waals surface area contributed by atoms with Gasteiger partial charge in [0.2, 0.25) is 0 Å². The Labute approximate surface area is 97.6 Å². The molecule has 0 fully saturated rings. The van der Waals surface area contributed by atoms with Crippen molar-refractivity contribution in [1.82, 2.24) is 0 Å². The van der Waals surface area contributed by atoms with Crippen molar-refractivity contribution in [2.75, 3.05) is 0 Å². The summed E-state index contributed by atoms with van der Waals surface area (Å²) in [4.78, 5) is 11.0. The van der Waals surface area contributed by atoms with E-state index in [2.05, 4.69) is 4.74 Å². The first-order chi connectivity index (χ1) is 8.04.